The molecule has 0 aliphatic rings. The highest BCUT2D eigenvalue weighted by Gasteiger charge is 2.03. The summed E-state index contributed by atoms with van der Waals surface area (Å²) in [5.74, 6) is -0.532. The van der Waals surface area contributed by atoms with Crippen LogP contribution in [0.1, 0.15) is 11.1 Å². The van der Waals surface area contributed by atoms with E-state index in [1.165, 1.54) is 0 Å². The van der Waals surface area contributed by atoms with E-state index >= 15 is 0 Å². The molecule has 0 saturated heterocycles. The van der Waals surface area contributed by atoms with Gasteiger partial charge in [-0.05, 0) is 48.4 Å². The van der Waals surface area contributed by atoms with Crippen LogP contribution in [0.5, 0.6) is 5.75 Å². The van der Waals surface area contributed by atoms with Crippen LogP contribution in [0.25, 0.3) is 0 Å². The third kappa shape index (κ3) is 3.76. The van der Waals surface area contributed by atoms with Crippen LogP contribution in [0.2, 0.25) is 0 Å². The van der Waals surface area contributed by atoms with E-state index in [2.05, 4.69) is 0 Å². The molecule has 2 N–H and O–H groups in total. The van der Waals surface area contributed by atoms with Gasteiger partial charge in [0.15, 0.2) is 0 Å². The Kier molecular flexibility index (Phi) is 4.12. The predicted octanol–water partition coefficient (Wildman–Crippen LogP) is 3.48. The molecule has 0 aliphatic heterocycles. The Bertz CT molecular complexity index is 591. The zero-order valence-electron chi connectivity index (χ0n) is 10.5. The minimum absolute atomic E-state index is 0.0449. The Morgan fingerprint density at radius 3 is 2.32 bits per heavy atom. The van der Waals surface area contributed by atoms with Gasteiger partial charge in [-0.3, -0.25) is 4.79 Å². The van der Waals surface area contributed by atoms with Crippen LogP contribution in [0.4, 0.5) is 0 Å². The topological polar surface area (TPSA) is 57.5 Å². The van der Waals surface area contributed by atoms with E-state index in [0.717, 1.165) is 20.9 Å². The van der Waals surface area contributed by atoms with Crippen LogP contribution < -0.4 is 0 Å². The normalized spacial score (nSPS) is 10.4. The highest BCUT2D eigenvalue weighted by atomic mass is 32.2. The molecule has 2 rings (SSSR count). The monoisotopic (exact) mass is 274 g/mol. The number of carbonyl (C=O) groups is 1. The first kappa shape index (κ1) is 13.5. The highest BCUT2D eigenvalue weighted by Crippen LogP contribution is 2.30. The van der Waals surface area contributed by atoms with E-state index in [4.69, 9.17) is 5.11 Å². The first-order valence-electron chi connectivity index (χ1n) is 5.83. The van der Waals surface area contributed by atoms with Crippen LogP contribution in [0.15, 0.2) is 52.3 Å². The molecule has 0 bridgehead atoms. The molecule has 19 heavy (non-hydrogen) atoms. The molecule has 0 amide bonds. The summed E-state index contributed by atoms with van der Waals surface area (Å²) in [6, 6.07) is 12.9. The fraction of sp³-hybridized carbons (Fsp3) is 0.133. The summed E-state index contributed by atoms with van der Waals surface area (Å²) in [6.07, 6.45) is 0.0449. The zero-order valence-corrected chi connectivity index (χ0v) is 11.3. The molecule has 0 unspecified atom stereocenters. The SMILES string of the molecule is Cc1cc(Sc2ccc(CC(=O)O)cc2)ccc1O. The van der Waals surface area contributed by atoms with Crippen LogP contribution in [-0.2, 0) is 11.2 Å². The van der Waals surface area contributed by atoms with Gasteiger partial charge >= 0.3 is 5.97 Å². The van der Waals surface area contributed by atoms with Crippen LogP contribution >= 0.6 is 11.8 Å². The highest BCUT2D eigenvalue weighted by molar-refractivity contribution is 7.99. The van der Waals surface area contributed by atoms with Crippen molar-refractivity contribution >= 4 is 17.7 Å². The molecule has 0 aromatic heterocycles. The third-order valence-electron chi connectivity index (χ3n) is 2.68. The lowest BCUT2D eigenvalue weighted by atomic mass is 10.2. The number of benzene rings is 2. The van der Waals surface area contributed by atoms with E-state index in [-0.39, 0.29) is 6.42 Å². The average molecular weight is 274 g/mol. The smallest absolute Gasteiger partial charge is 0.307 e. The maximum Gasteiger partial charge on any atom is 0.307 e. The summed E-state index contributed by atoms with van der Waals surface area (Å²) in [4.78, 5) is 12.7. The Morgan fingerprint density at radius 2 is 1.74 bits per heavy atom. The fourth-order valence-corrected chi connectivity index (χ4v) is 2.59. The number of aromatic hydroxyl groups is 1. The van der Waals surface area contributed by atoms with Gasteiger partial charge in [0.25, 0.3) is 0 Å². The molecule has 98 valence electrons. The number of hydrogen-bond acceptors (Lipinski definition) is 3. The van der Waals surface area contributed by atoms with Crippen molar-refractivity contribution in [1.29, 1.82) is 0 Å². The van der Waals surface area contributed by atoms with Crippen molar-refractivity contribution in [3.05, 3.63) is 53.6 Å². The van der Waals surface area contributed by atoms with Crippen molar-refractivity contribution in [1.82, 2.24) is 0 Å². The van der Waals surface area contributed by atoms with Gasteiger partial charge in [0.1, 0.15) is 5.75 Å². The van der Waals surface area contributed by atoms with E-state index in [0.29, 0.717) is 5.75 Å². The second-order valence-corrected chi connectivity index (χ2v) is 5.41. The number of phenols is 1. The Morgan fingerprint density at radius 1 is 1.11 bits per heavy atom. The Balaban J connectivity index is 2.10. The van der Waals surface area contributed by atoms with Crippen LogP contribution in [0, 0.1) is 6.92 Å². The van der Waals surface area contributed by atoms with E-state index in [9.17, 15) is 9.90 Å². The van der Waals surface area contributed by atoms with Crippen molar-refractivity contribution in [2.75, 3.05) is 0 Å². The summed E-state index contributed by atoms with van der Waals surface area (Å²) in [5, 5.41) is 18.2. The number of aryl methyl sites for hydroxylation is 1. The van der Waals surface area contributed by atoms with Gasteiger partial charge in [0, 0.05) is 9.79 Å². The third-order valence-corrected chi connectivity index (χ3v) is 3.68. The molecule has 0 radical (unpaired) electrons. The molecule has 0 aliphatic carbocycles. The number of phenolic OH excluding ortho intramolecular Hbond substituents is 1. The second-order valence-electron chi connectivity index (χ2n) is 4.26. The van der Waals surface area contributed by atoms with Crippen molar-refractivity contribution in [3.63, 3.8) is 0 Å². The standard InChI is InChI=1S/C15H14O3S/c1-10-8-13(6-7-14(10)16)19-12-4-2-11(3-5-12)9-15(17)18/h2-8,16H,9H2,1H3,(H,17,18). The first-order chi connectivity index (χ1) is 9.04. The van der Waals surface area contributed by atoms with Gasteiger partial charge in [-0.25, -0.2) is 0 Å². The Hall–Kier alpha value is -1.94. The molecule has 2 aromatic carbocycles. The van der Waals surface area contributed by atoms with Gasteiger partial charge in [0.05, 0.1) is 6.42 Å². The maximum atomic E-state index is 10.6. The maximum absolute atomic E-state index is 10.6. The molecule has 3 nitrogen and oxygen atoms in total. The second kappa shape index (κ2) is 5.80. The quantitative estimate of drug-likeness (QED) is 0.896. The molecule has 0 spiro atoms. The summed E-state index contributed by atoms with van der Waals surface area (Å²) in [7, 11) is 0. The molecule has 0 atom stereocenters. The molecule has 4 heteroatoms. The lowest BCUT2D eigenvalue weighted by Gasteiger charge is -2.05. The van der Waals surface area contributed by atoms with E-state index in [1.807, 2.05) is 43.3 Å². The number of rotatable bonds is 4. The van der Waals surface area contributed by atoms with Gasteiger partial charge in [-0.2, -0.15) is 0 Å². The molecular weight excluding hydrogens is 260 g/mol. The molecule has 0 heterocycles. The molecule has 0 saturated carbocycles. The molecule has 2 aromatic rings. The molecule has 0 fully saturated rings. The van der Waals surface area contributed by atoms with Gasteiger partial charge in [0.2, 0.25) is 0 Å². The van der Waals surface area contributed by atoms with Crippen LogP contribution in [0.3, 0.4) is 0 Å². The fourth-order valence-electron chi connectivity index (χ4n) is 1.68. The van der Waals surface area contributed by atoms with Crippen molar-refractivity contribution < 1.29 is 15.0 Å². The lowest BCUT2D eigenvalue weighted by Crippen LogP contribution is -1.99. The van der Waals surface area contributed by atoms with Crippen molar-refractivity contribution in [2.24, 2.45) is 0 Å². The zero-order chi connectivity index (χ0) is 13.8. The summed E-state index contributed by atoms with van der Waals surface area (Å²) in [6.45, 7) is 1.86. The van der Waals surface area contributed by atoms with Crippen LogP contribution in [-0.4, -0.2) is 16.2 Å². The summed E-state index contributed by atoms with van der Waals surface area (Å²) >= 11 is 1.58. The van der Waals surface area contributed by atoms with Gasteiger partial charge in [-0.1, -0.05) is 23.9 Å². The minimum Gasteiger partial charge on any atom is -0.508 e. The van der Waals surface area contributed by atoms with E-state index < -0.39 is 5.97 Å². The largest absolute Gasteiger partial charge is 0.508 e. The minimum atomic E-state index is -0.824. The van der Waals surface area contributed by atoms with Crippen molar-refractivity contribution in [3.8, 4) is 5.75 Å². The van der Waals surface area contributed by atoms with E-state index in [1.54, 1.807) is 17.8 Å². The lowest BCUT2D eigenvalue weighted by molar-refractivity contribution is -0.136. The first-order valence-corrected chi connectivity index (χ1v) is 6.64. The number of hydrogen-bond donors (Lipinski definition) is 2. The van der Waals surface area contributed by atoms with Gasteiger partial charge < -0.3 is 10.2 Å². The summed E-state index contributed by atoms with van der Waals surface area (Å²) < 4.78 is 0. The van der Waals surface area contributed by atoms with Gasteiger partial charge in [-0.15, -0.1) is 0 Å². The average Bonchev–Trinajstić information content (AvgIpc) is 2.36. The van der Waals surface area contributed by atoms with Crippen molar-refractivity contribution in [2.45, 2.75) is 23.1 Å². The number of aliphatic carboxylic acids is 1. The predicted molar refractivity (Wildman–Crippen MR) is 74.7 cm³/mol. The number of carboxylic acids is 1. The number of carboxylic acid groups (broad SMARTS) is 1. The summed E-state index contributed by atoms with van der Waals surface area (Å²) in [5.41, 5.74) is 1.63. The Labute approximate surface area is 115 Å². The molecular formula is C15H14O3S.